The standard InChI is InChI=1S/C21H27N3O5S2/c1-3-23(17(2)25)16-18-7-6-8-19(15-18)22-30(26,27)20-9-11-21(12-10-20)31(28,29)24-13-4-5-14-24/h6-12,15,22H,3-5,13-14,16H2,1-2H3. The molecule has 2 aromatic rings. The van der Waals surface area contributed by atoms with Gasteiger partial charge in [0.1, 0.15) is 0 Å². The van der Waals surface area contributed by atoms with Crippen molar-refractivity contribution in [2.45, 2.75) is 43.0 Å². The zero-order valence-corrected chi connectivity index (χ0v) is 19.2. The van der Waals surface area contributed by atoms with Gasteiger partial charge in [0.15, 0.2) is 0 Å². The summed E-state index contributed by atoms with van der Waals surface area (Å²) in [5, 5.41) is 0. The van der Waals surface area contributed by atoms with Crippen molar-refractivity contribution >= 4 is 31.6 Å². The maximum Gasteiger partial charge on any atom is 0.261 e. The summed E-state index contributed by atoms with van der Waals surface area (Å²) in [5.41, 5.74) is 1.16. The molecule has 31 heavy (non-hydrogen) atoms. The van der Waals surface area contributed by atoms with Crippen LogP contribution in [-0.2, 0) is 31.4 Å². The average molecular weight is 466 g/mol. The normalized spacial score (nSPS) is 15.0. The molecule has 1 heterocycles. The van der Waals surface area contributed by atoms with Crippen LogP contribution < -0.4 is 4.72 Å². The van der Waals surface area contributed by atoms with Crippen LogP contribution in [0.2, 0.25) is 0 Å². The zero-order chi connectivity index (χ0) is 22.6. The van der Waals surface area contributed by atoms with Gasteiger partial charge in [0.25, 0.3) is 10.0 Å². The Morgan fingerprint density at radius 2 is 1.61 bits per heavy atom. The Bertz CT molecular complexity index is 1140. The monoisotopic (exact) mass is 465 g/mol. The number of benzene rings is 2. The number of hydrogen-bond donors (Lipinski definition) is 1. The number of rotatable bonds is 8. The molecule has 1 aliphatic heterocycles. The summed E-state index contributed by atoms with van der Waals surface area (Å²) in [5.74, 6) is -0.0579. The molecule has 2 aromatic carbocycles. The lowest BCUT2D eigenvalue weighted by Gasteiger charge is -2.19. The second-order valence-corrected chi connectivity index (χ2v) is 11.0. The smallest absolute Gasteiger partial charge is 0.261 e. The van der Waals surface area contributed by atoms with Crippen LogP contribution in [0.15, 0.2) is 58.3 Å². The second kappa shape index (κ2) is 9.37. The van der Waals surface area contributed by atoms with Gasteiger partial charge in [-0.25, -0.2) is 16.8 Å². The molecule has 3 rings (SSSR count). The molecule has 0 radical (unpaired) electrons. The summed E-state index contributed by atoms with van der Waals surface area (Å²) in [6, 6.07) is 12.1. The Kier molecular flexibility index (Phi) is 7.03. The number of anilines is 1. The zero-order valence-electron chi connectivity index (χ0n) is 17.6. The van der Waals surface area contributed by atoms with Crippen molar-refractivity contribution in [1.29, 1.82) is 0 Å². The van der Waals surface area contributed by atoms with Gasteiger partial charge < -0.3 is 4.90 Å². The molecule has 1 fully saturated rings. The van der Waals surface area contributed by atoms with E-state index >= 15 is 0 Å². The number of nitrogens with zero attached hydrogens (tertiary/aromatic N) is 2. The lowest BCUT2D eigenvalue weighted by molar-refractivity contribution is -0.129. The minimum Gasteiger partial charge on any atom is -0.339 e. The van der Waals surface area contributed by atoms with E-state index in [0.29, 0.717) is 31.9 Å². The molecule has 1 aliphatic rings. The van der Waals surface area contributed by atoms with E-state index in [1.807, 2.05) is 13.0 Å². The van der Waals surface area contributed by atoms with Crippen LogP contribution in [0.3, 0.4) is 0 Å². The van der Waals surface area contributed by atoms with Crippen molar-refractivity contribution in [3.05, 3.63) is 54.1 Å². The Labute approximate surface area is 184 Å². The molecule has 0 unspecified atom stereocenters. The summed E-state index contributed by atoms with van der Waals surface area (Å²) in [6.07, 6.45) is 1.66. The summed E-state index contributed by atoms with van der Waals surface area (Å²) < 4.78 is 54.7. The van der Waals surface area contributed by atoms with Crippen molar-refractivity contribution < 1.29 is 21.6 Å². The van der Waals surface area contributed by atoms with Crippen LogP contribution in [0, 0.1) is 0 Å². The van der Waals surface area contributed by atoms with Crippen LogP contribution >= 0.6 is 0 Å². The van der Waals surface area contributed by atoms with E-state index in [1.165, 1.54) is 35.5 Å². The fourth-order valence-corrected chi connectivity index (χ4v) is 6.05. The van der Waals surface area contributed by atoms with Gasteiger partial charge in [-0.1, -0.05) is 12.1 Å². The van der Waals surface area contributed by atoms with Crippen molar-refractivity contribution in [2.75, 3.05) is 24.4 Å². The summed E-state index contributed by atoms with van der Waals surface area (Å²) in [4.78, 5) is 13.3. The molecule has 0 aromatic heterocycles. The van der Waals surface area contributed by atoms with Crippen molar-refractivity contribution in [3.8, 4) is 0 Å². The van der Waals surface area contributed by atoms with Crippen molar-refractivity contribution in [1.82, 2.24) is 9.21 Å². The predicted molar refractivity (Wildman–Crippen MR) is 118 cm³/mol. The summed E-state index contributed by atoms with van der Waals surface area (Å²) >= 11 is 0. The number of amides is 1. The molecule has 0 spiro atoms. The third-order valence-electron chi connectivity index (χ3n) is 5.22. The predicted octanol–water partition coefficient (Wildman–Crippen LogP) is 2.64. The first-order chi connectivity index (χ1) is 14.6. The molecule has 168 valence electrons. The third kappa shape index (κ3) is 5.44. The number of hydrogen-bond acceptors (Lipinski definition) is 5. The van der Waals surface area contributed by atoms with Crippen LogP contribution in [0.25, 0.3) is 0 Å². The Morgan fingerprint density at radius 1 is 1.00 bits per heavy atom. The minimum atomic E-state index is -3.90. The lowest BCUT2D eigenvalue weighted by atomic mass is 10.2. The van der Waals surface area contributed by atoms with Crippen LogP contribution in [-0.4, -0.2) is 51.6 Å². The number of carbonyl (C=O) groups excluding carboxylic acids is 1. The molecule has 0 atom stereocenters. The topological polar surface area (TPSA) is 104 Å². The molecule has 1 saturated heterocycles. The maximum absolute atomic E-state index is 12.8. The third-order valence-corrected chi connectivity index (χ3v) is 8.53. The van der Waals surface area contributed by atoms with Crippen LogP contribution in [0.5, 0.6) is 0 Å². The van der Waals surface area contributed by atoms with Gasteiger partial charge in [-0.15, -0.1) is 0 Å². The highest BCUT2D eigenvalue weighted by Gasteiger charge is 2.27. The molecule has 0 saturated carbocycles. The molecule has 10 heteroatoms. The van der Waals surface area contributed by atoms with E-state index in [0.717, 1.165) is 18.4 Å². The van der Waals surface area contributed by atoms with Crippen molar-refractivity contribution in [2.24, 2.45) is 0 Å². The first kappa shape index (κ1) is 23.2. The quantitative estimate of drug-likeness (QED) is 0.645. The largest absolute Gasteiger partial charge is 0.339 e. The summed E-state index contributed by atoms with van der Waals surface area (Å²) in [7, 11) is -7.50. The highest BCUT2D eigenvalue weighted by Crippen LogP contribution is 2.23. The molecule has 0 aliphatic carbocycles. The maximum atomic E-state index is 12.8. The Balaban J connectivity index is 1.77. The lowest BCUT2D eigenvalue weighted by Crippen LogP contribution is -2.28. The number of nitrogens with one attached hydrogen (secondary N) is 1. The van der Waals surface area contributed by atoms with E-state index < -0.39 is 20.0 Å². The molecule has 1 amide bonds. The average Bonchev–Trinajstić information content (AvgIpc) is 3.28. The van der Waals surface area contributed by atoms with Gasteiger partial charge in [0.2, 0.25) is 15.9 Å². The highest BCUT2D eigenvalue weighted by atomic mass is 32.2. The van der Waals surface area contributed by atoms with Gasteiger partial charge in [0, 0.05) is 38.8 Å². The molecular weight excluding hydrogens is 438 g/mol. The highest BCUT2D eigenvalue weighted by molar-refractivity contribution is 7.92. The Morgan fingerprint density at radius 3 is 2.19 bits per heavy atom. The Hall–Kier alpha value is -2.43. The van der Waals surface area contributed by atoms with Gasteiger partial charge in [0.05, 0.1) is 9.79 Å². The minimum absolute atomic E-state index is 0.0304. The van der Waals surface area contributed by atoms with E-state index in [-0.39, 0.29) is 15.7 Å². The van der Waals surface area contributed by atoms with Gasteiger partial charge in [-0.2, -0.15) is 4.31 Å². The van der Waals surface area contributed by atoms with Gasteiger partial charge in [-0.05, 0) is 61.7 Å². The first-order valence-electron chi connectivity index (χ1n) is 10.1. The molecular formula is C21H27N3O5S2. The summed E-state index contributed by atoms with van der Waals surface area (Å²) in [6.45, 7) is 5.27. The van der Waals surface area contributed by atoms with E-state index in [4.69, 9.17) is 0 Å². The van der Waals surface area contributed by atoms with Crippen LogP contribution in [0.4, 0.5) is 5.69 Å². The van der Waals surface area contributed by atoms with E-state index in [2.05, 4.69) is 4.72 Å². The van der Waals surface area contributed by atoms with Gasteiger partial charge >= 0.3 is 0 Å². The number of sulfonamides is 2. The fourth-order valence-electron chi connectivity index (χ4n) is 3.48. The van der Waals surface area contributed by atoms with Crippen LogP contribution in [0.1, 0.15) is 32.3 Å². The van der Waals surface area contributed by atoms with Crippen molar-refractivity contribution in [3.63, 3.8) is 0 Å². The fraction of sp³-hybridized carbons (Fsp3) is 0.381. The van der Waals surface area contributed by atoms with E-state index in [1.54, 1.807) is 23.1 Å². The second-order valence-electron chi connectivity index (χ2n) is 7.42. The molecule has 0 bridgehead atoms. The molecule has 1 N–H and O–H groups in total. The SMILES string of the molecule is CCN(Cc1cccc(NS(=O)(=O)c2ccc(S(=O)(=O)N3CCCC3)cc2)c1)C(C)=O. The molecule has 8 nitrogen and oxygen atoms in total. The number of carbonyl (C=O) groups is 1. The van der Waals surface area contributed by atoms with Gasteiger partial charge in [-0.3, -0.25) is 9.52 Å². The first-order valence-corrected chi connectivity index (χ1v) is 13.0. The van der Waals surface area contributed by atoms with E-state index in [9.17, 15) is 21.6 Å².